The molecule has 0 fully saturated rings. The Kier molecular flexibility index (Phi) is 3.22. The topological polar surface area (TPSA) is 65.2 Å². The van der Waals surface area contributed by atoms with Gasteiger partial charge in [0.05, 0.1) is 0 Å². The molecule has 92 valence electrons. The SMILES string of the molecule is CCc1ccc(-c2noc(N)c2CC(C)C)o1. The van der Waals surface area contributed by atoms with Crippen LogP contribution < -0.4 is 5.73 Å². The van der Waals surface area contributed by atoms with Gasteiger partial charge in [0.25, 0.3) is 0 Å². The Hall–Kier alpha value is -1.71. The first-order valence-corrected chi connectivity index (χ1v) is 5.95. The highest BCUT2D eigenvalue weighted by Gasteiger charge is 2.19. The average molecular weight is 234 g/mol. The molecule has 0 spiro atoms. The van der Waals surface area contributed by atoms with E-state index in [2.05, 4.69) is 25.9 Å². The van der Waals surface area contributed by atoms with Crippen LogP contribution in [-0.2, 0) is 12.8 Å². The lowest BCUT2D eigenvalue weighted by molar-refractivity contribution is 0.433. The fraction of sp³-hybridized carbons (Fsp3) is 0.462. The van der Waals surface area contributed by atoms with Crippen molar-refractivity contribution in [2.24, 2.45) is 5.92 Å². The molecule has 2 aromatic rings. The smallest absolute Gasteiger partial charge is 0.226 e. The average Bonchev–Trinajstić information content (AvgIpc) is 2.86. The molecule has 2 N–H and O–H groups in total. The number of aromatic nitrogens is 1. The monoisotopic (exact) mass is 234 g/mol. The minimum absolute atomic E-state index is 0.392. The second-order valence-electron chi connectivity index (χ2n) is 4.59. The predicted octanol–water partition coefficient (Wildman–Crippen LogP) is 3.28. The summed E-state index contributed by atoms with van der Waals surface area (Å²) in [6, 6.07) is 3.87. The van der Waals surface area contributed by atoms with Gasteiger partial charge in [-0.3, -0.25) is 0 Å². The highest BCUT2D eigenvalue weighted by Crippen LogP contribution is 2.30. The highest BCUT2D eigenvalue weighted by atomic mass is 16.5. The van der Waals surface area contributed by atoms with Crippen LogP contribution in [0.4, 0.5) is 5.88 Å². The summed E-state index contributed by atoms with van der Waals surface area (Å²) in [4.78, 5) is 0. The molecule has 0 radical (unpaired) electrons. The fourth-order valence-electron chi connectivity index (χ4n) is 1.82. The van der Waals surface area contributed by atoms with Crippen molar-refractivity contribution < 1.29 is 8.94 Å². The molecule has 0 aliphatic rings. The van der Waals surface area contributed by atoms with E-state index in [9.17, 15) is 0 Å². The van der Waals surface area contributed by atoms with Crippen molar-refractivity contribution in [3.63, 3.8) is 0 Å². The van der Waals surface area contributed by atoms with Gasteiger partial charge in [0.1, 0.15) is 5.76 Å². The molecule has 2 heterocycles. The lowest BCUT2D eigenvalue weighted by Gasteiger charge is -2.03. The Morgan fingerprint density at radius 1 is 1.35 bits per heavy atom. The Morgan fingerprint density at radius 3 is 2.71 bits per heavy atom. The van der Waals surface area contributed by atoms with Crippen molar-refractivity contribution in [3.8, 4) is 11.5 Å². The van der Waals surface area contributed by atoms with Crippen molar-refractivity contribution in [2.45, 2.75) is 33.6 Å². The molecule has 4 nitrogen and oxygen atoms in total. The van der Waals surface area contributed by atoms with Crippen LogP contribution in [0.5, 0.6) is 0 Å². The van der Waals surface area contributed by atoms with Gasteiger partial charge >= 0.3 is 0 Å². The number of nitrogens with zero attached hydrogens (tertiary/aromatic N) is 1. The van der Waals surface area contributed by atoms with E-state index >= 15 is 0 Å². The van der Waals surface area contributed by atoms with Crippen molar-refractivity contribution in [1.29, 1.82) is 0 Å². The van der Waals surface area contributed by atoms with Gasteiger partial charge in [-0.2, -0.15) is 0 Å². The maximum Gasteiger partial charge on any atom is 0.226 e. The minimum Gasteiger partial charge on any atom is -0.459 e. The number of rotatable bonds is 4. The first-order chi connectivity index (χ1) is 8.11. The van der Waals surface area contributed by atoms with Gasteiger partial charge in [-0.25, -0.2) is 0 Å². The molecule has 0 saturated heterocycles. The summed E-state index contributed by atoms with van der Waals surface area (Å²) in [7, 11) is 0. The van der Waals surface area contributed by atoms with E-state index in [0.717, 1.165) is 35.6 Å². The lowest BCUT2D eigenvalue weighted by Crippen LogP contribution is -1.98. The summed E-state index contributed by atoms with van der Waals surface area (Å²) in [5.74, 6) is 2.56. The van der Waals surface area contributed by atoms with Gasteiger partial charge in [0, 0.05) is 12.0 Å². The van der Waals surface area contributed by atoms with Crippen LogP contribution in [0.25, 0.3) is 11.5 Å². The molecule has 17 heavy (non-hydrogen) atoms. The van der Waals surface area contributed by atoms with Gasteiger partial charge < -0.3 is 14.7 Å². The molecule has 0 atom stereocenters. The zero-order valence-electron chi connectivity index (χ0n) is 10.5. The molecule has 4 heteroatoms. The molecule has 0 aromatic carbocycles. The maximum absolute atomic E-state index is 5.80. The maximum atomic E-state index is 5.80. The summed E-state index contributed by atoms with van der Waals surface area (Å²) in [5, 5.41) is 3.99. The van der Waals surface area contributed by atoms with Crippen LogP contribution in [-0.4, -0.2) is 5.16 Å². The number of hydrogen-bond donors (Lipinski definition) is 1. The highest BCUT2D eigenvalue weighted by molar-refractivity contribution is 5.62. The van der Waals surface area contributed by atoms with Crippen molar-refractivity contribution in [1.82, 2.24) is 5.16 Å². The van der Waals surface area contributed by atoms with Crippen LogP contribution in [0.2, 0.25) is 0 Å². The molecule has 0 aliphatic carbocycles. The number of nitrogens with two attached hydrogens (primary N) is 1. The van der Waals surface area contributed by atoms with Crippen molar-refractivity contribution >= 4 is 5.88 Å². The van der Waals surface area contributed by atoms with Gasteiger partial charge in [0.2, 0.25) is 5.88 Å². The predicted molar refractivity (Wildman–Crippen MR) is 66.5 cm³/mol. The molecule has 0 saturated carbocycles. The number of furan rings is 1. The number of nitrogen functional groups attached to an aromatic ring is 1. The van der Waals surface area contributed by atoms with E-state index in [-0.39, 0.29) is 0 Å². The quantitative estimate of drug-likeness (QED) is 0.881. The van der Waals surface area contributed by atoms with Gasteiger partial charge in [-0.15, -0.1) is 0 Å². The van der Waals surface area contributed by atoms with Gasteiger partial charge in [0.15, 0.2) is 11.5 Å². The standard InChI is InChI=1S/C13H18N2O2/c1-4-9-5-6-11(16-9)12-10(7-8(2)3)13(14)17-15-12/h5-6,8H,4,7,14H2,1-3H3. The fourth-order valence-corrected chi connectivity index (χ4v) is 1.82. The zero-order valence-corrected chi connectivity index (χ0v) is 10.5. The summed E-state index contributed by atoms with van der Waals surface area (Å²) >= 11 is 0. The van der Waals surface area contributed by atoms with Crippen LogP contribution >= 0.6 is 0 Å². The molecule has 0 amide bonds. The number of anilines is 1. The Morgan fingerprint density at radius 2 is 2.12 bits per heavy atom. The van der Waals surface area contributed by atoms with E-state index in [0.29, 0.717) is 11.8 Å². The van der Waals surface area contributed by atoms with Crippen LogP contribution in [0.3, 0.4) is 0 Å². The number of hydrogen-bond acceptors (Lipinski definition) is 4. The van der Waals surface area contributed by atoms with E-state index in [1.165, 1.54) is 0 Å². The van der Waals surface area contributed by atoms with E-state index in [1.807, 2.05) is 12.1 Å². The molecule has 0 bridgehead atoms. The van der Waals surface area contributed by atoms with Gasteiger partial charge in [-0.05, 0) is 24.5 Å². The third-order valence-electron chi connectivity index (χ3n) is 2.67. The van der Waals surface area contributed by atoms with E-state index in [1.54, 1.807) is 0 Å². The number of aryl methyl sites for hydroxylation is 1. The van der Waals surface area contributed by atoms with Crippen molar-refractivity contribution in [2.75, 3.05) is 5.73 Å². The largest absolute Gasteiger partial charge is 0.459 e. The Bertz CT molecular complexity index is 497. The molecule has 0 unspecified atom stereocenters. The minimum atomic E-state index is 0.392. The first-order valence-electron chi connectivity index (χ1n) is 5.95. The van der Waals surface area contributed by atoms with Crippen LogP contribution in [0, 0.1) is 5.92 Å². The summed E-state index contributed by atoms with van der Waals surface area (Å²) < 4.78 is 10.7. The first kappa shape index (κ1) is 11.8. The Labute approximate surface area is 101 Å². The summed E-state index contributed by atoms with van der Waals surface area (Å²) in [6.07, 6.45) is 1.71. The Balaban J connectivity index is 2.37. The second kappa shape index (κ2) is 4.65. The van der Waals surface area contributed by atoms with Crippen LogP contribution in [0.15, 0.2) is 21.1 Å². The molecular weight excluding hydrogens is 216 g/mol. The normalized spacial score (nSPS) is 11.3. The zero-order chi connectivity index (χ0) is 12.4. The van der Waals surface area contributed by atoms with Crippen molar-refractivity contribution in [3.05, 3.63) is 23.5 Å². The molecule has 2 aromatic heterocycles. The lowest BCUT2D eigenvalue weighted by atomic mass is 10.0. The molecule has 0 aliphatic heterocycles. The van der Waals surface area contributed by atoms with E-state index in [4.69, 9.17) is 14.7 Å². The van der Waals surface area contributed by atoms with Gasteiger partial charge in [-0.1, -0.05) is 25.9 Å². The summed E-state index contributed by atoms with van der Waals surface area (Å²) in [5.41, 5.74) is 7.47. The molecular formula is C13H18N2O2. The third kappa shape index (κ3) is 2.35. The van der Waals surface area contributed by atoms with Crippen LogP contribution in [0.1, 0.15) is 32.1 Å². The summed E-state index contributed by atoms with van der Waals surface area (Å²) in [6.45, 7) is 6.32. The second-order valence-corrected chi connectivity index (χ2v) is 4.59. The van der Waals surface area contributed by atoms with E-state index < -0.39 is 0 Å². The third-order valence-corrected chi connectivity index (χ3v) is 2.67. The molecule has 2 rings (SSSR count).